The van der Waals surface area contributed by atoms with E-state index in [-0.39, 0.29) is 23.3 Å². The number of nitriles is 1. The zero-order valence-electron chi connectivity index (χ0n) is 23.3. The number of nitrogens with zero attached hydrogens (tertiary/aromatic N) is 3. The van der Waals surface area contributed by atoms with Gasteiger partial charge in [0.05, 0.1) is 13.2 Å². The van der Waals surface area contributed by atoms with Crippen LogP contribution < -0.4 is 10.1 Å². The van der Waals surface area contributed by atoms with Crippen LogP contribution >= 0.6 is 0 Å². The molecule has 39 heavy (non-hydrogen) atoms. The number of fused-ring (bicyclic) bond motifs is 1. The van der Waals surface area contributed by atoms with Gasteiger partial charge in [-0.25, -0.2) is 0 Å². The van der Waals surface area contributed by atoms with E-state index in [1.54, 1.807) is 7.11 Å². The molecular formula is C32H39N5O2. The van der Waals surface area contributed by atoms with E-state index in [0.29, 0.717) is 11.5 Å². The molecule has 2 aromatic carbocycles. The molecule has 6 rings (SSSR count). The number of hydrogen-bond donors (Lipinski definition) is 2. The quantitative estimate of drug-likeness (QED) is 0.452. The van der Waals surface area contributed by atoms with Crippen molar-refractivity contribution in [3.05, 3.63) is 64.8 Å². The number of hydrogen-bond acceptors (Lipinski definition) is 5. The number of rotatable bonds is 7. The van der Waals surface area contributed by atoms with E-state index in [4.69, 9.17) is 4.74 Å². The maximum atomic E-state index is 12.8. The van der Waals surface area contributed by atoms with E-state index in [9.17, 15) is 10.1 Å². The Hall–Kier alpha value is -3.34. The number of aryl methyl sites for hydroxylation is 1. The molecule has 1 saturated carbocycles. The second-order valence-corrected chi connectivity index (χ2v) is 12.2. The standard InChI is InChI=1S/C32H39N5O2/c1-21-12-29(39-3)27(26-8-10-34-30(21)26)20-37-11-9-32(13-22(14-32)16-33)15-28(37)24-4-6-25(7-5-24)31(38)35-17-23-18-36(2)19-23/h4-8,10,12,22-23,28,34H,9,11,13-15,17-20H2,1-3H3,(H,35,38). The average molecular weight is 526 g/mol. The normalized spacial score (nSPS) is 25.7. The zero-order valence-corrected chi connectivity index (χ0v) is 23.3. The zero-order chi connectivity index (χ0) is 27.1. The highest BCUT2D eigenvalue weighted by Gasteiger charge is 2.49. The van der Waals surface area contributed by atoms with Gasteiger partial charge in [0.15, 0.2) is 0 Å². The van der Waals surface area contributed by atoms with Crippen LogP contribution in [0.2, 0.25) is 0 Å². The summed E-state index contributed by atoms with van der Waals surface area (Å²) in [6.45, 7) is 6.71. The number of likely N-dealkylation sites (tertiary alicyclic amines) is 2. The predicted molar refractivity (Wildman–Crippen MR) is 153 cm³/mol. The lowest BCUT2D eigenvalue weighted by Gasteiger charge is -2.53. The van der Waals surface area contributed by atoms with Crippen molar-refractivity contribution in [3.63, 3.8) is 0 Å². The van der Waals surface area contributed by atoms with Crippen LogP contribution in [-0.4, -0.2) is 61.0 Å². The molecular weight excluding hydrogens is 486 g/mol. The predicted octanol–water partition coefficient (Wildman–Crippen LogP) is 5.03. The summed E-state index contributed by atoms with van der Waals surface area (Å²) in [7, 11) is 3.86. The number of H-pyrrole nitrogens is 1. The van der Waals surface area contributed by atoms with Gasteiger partial charge in [0.2, 0.25) is 0 Å². The van der Waals surface area contributed by atoms with Crippen LogP contribution in [0.3, 0.4) is 0 Å². The van der Waals surface area contributed by atoms with Crippen LogP contribution in [0.15, 0.2) is 42.6 Å². The van der Waals surface area contributed by atoms with Crippen LogP contribution in [0.4, 0.5) is 0 Å². The Morgan fingerprint density at radius 3 is 2.67 bits per heavy atom. The number of benzene rings is 2. The first-order valence-corrected chi connectivity index (χ1v) is 14.2. The summed E-state index contributed by atoms with van der Waals surface area (Å²) in [6.07, 6.45) is 6.16. The van der Waals surface area contributed by atoms with Gasteiger partial charge >= 0.3 is 0 Å². The van der Waals surface area contributed by atoms with Crippen molar-refractivity contribution in [1.29, 1.82) is 5.26 Å². The van der Waals surface area contributed by atoms with E-state index in [2.05, 4.69) is 64.4 Å². The number of carbonyl (C=O) groups is 1. The molecule has 1 atom stereocenters. The lowest BCUT2D eigenvalue weighted by Crippen LogP contribution is -2.49. The summed E-state index contributed by atoms with van der Waals surface area (Å²) >= 11 is 0. The molecule has 1 aliphatic carbocycles. The lowest BCUT2D eigenvalue weighted by atomic mass is 9.56. The second kappa shape index (κ2) is 10.3. The van der Waals surface area contributed by atoms with Gasteiger partial charge in [0.25, 0.3) is 5.91 Å². The van der Waals surface area contributed by atoms with Crippen LogP contribution in [-0.2, 0) is 6.54 Å². The van der Waals surface area contributed by atoms with Crippen molar-refractivity contribution < 1.29 is 9.53 Å². The van der Waals surface area contributed by atoms with Crippen molar-refractivity contribution in [1.82, 2.24) is 20.1 Å². The summed E-state index contributed by atoms with van der Waals surface area (Å²) in [6, 6.07) is 15.2. The van der Waals surface area contributed by atoms with Crippen LogP contribution in [0.1, 0.15) is 58.8 Å². The molecule has 3 aliphatic rings. The minimum Gasteiger partial charge on any atom is -0.496 e. The molecule has 1 unspecified atom stereocenters. The van der Waals surface area contributed by atoms with Crippen LogP contribution in [0, 0.1) is 35.5 Å². The number of carbonyl (C=O) groups excluding carboxylic acids is 1. The number of nitrogens with one attached hydrogen (secondary N) is 2. The van der Waals surface area contributed by atoms with Crippen molar-refractivity contribution in [2.24, 2.45) is 17.3 Å². The van der Waals surface area contributed by atoms with Gasteiger partial charge in [0.1, 0.15) is 5.75 Å². The largest absolute Gasteiger partial charge is 0.496 e. The van der Waals surface area contributed by atoms with E-state index in [0.717, 1.165) is 69.7 Å². The molecule has 3 aromatic rings. The third-order valence-corrected chi connectivity index (χ3v) is 9.48. The molecule has 1 aromatic heterocycles. The highest BCUT2D eigenvalue weighted by atomic mass is 16.5. The number of ether oxygens (including phenoxy) is 1. The van der Waals surface area contributed by atoms with Crippen LogP contribution in [0.25, 0.3) is 10.9 Å². The lowest BCUT2D eigenvalue weighted by molar-refractivity contribution is -0.0298. The highest BCUT2D eigenvalue weighted by molar-refractivity contribution is 5.94. The molecule has 1 spiro atoms. The van der Waals surface area contributed by atoms with E-state index in [1.807, 2.05) is 18.3 Å². The first kappa shape index (κ1) is 25.9. The highest BCUT2D eigenvalue weighted by Crippen LogP contribution is 2.56. The smallest absolute Gasteiger partial charge is 0.251 e. The van der Waals surface area contributed by atoms with Gasteiger partial charge < -0.3 is 19.9 Å². The van der Waals surface area contributed by atoms with Crippen LogP contribution in [0.5, 0.6) is 5.75 Å². The van der Waals surface area contributed by atoms with Gasteiger partial charge in [-0.15, -0.1) is 0 Å². The molecule has 3 heterocycles. The minimum atomic E-state index is 0.00294. The Morgan fingerprint density at radius 2 is 1.97 bits per heavy atom. The number of amides is 1. The van der Waals surface area contributed by atoms with Crippen molar-refractivity contribution in [2.45, 2.75) is 45.2 Å². The molecule has 2 saturated heterocycles. The molecule has 204 valence electrons. The van der Waals surface area contributed by atoms with Gasteiger partial charge in [-0.3, -0.25) is 9.69 Å². The van der Waals surface area contributed by atoms with Crippen molar-refractivity contribution in [3.8, 4) is 11.8 Å². The minimum absolute atomic E-state index is 0.00294. The van der Waals surface area contributed by atoms with Gasteiger partial charge in [-0.2, -0.15) is 5.26 Å². The summed E-state index contributed by atoms with van der Waals surface area (Å²) in [4.78, 5) is 21.0. The molecule has 7 nitrogen and oxygen atoms in total. The molecule has 7 heteroatoms. The van der Waals surface area contributed by atoms with Crippen molar-refractivity contribution >= 4 is 16.8 Å². The first-order valence-electron chi connectivity index (χ1n) is 14.2. The third-order valence-electron chi connectivity index (χ3n) is 9.48. The summed E-state index contributed by atoms with van der Waals surface area (Å²) in [5.41, 5.74) is 5.75. The summed E-state index contributed by atoms with van der Waals surface area (Å²) < 4.78 is 5.86. The average Bonchev–Trinajstić information content (AvgIpc) is 3.41. The monoisotopic (exact) mass is 525 g/mol. The van der Waals surface area contributed by atoms with Crippen molar-refractivity contribution in [2.75, 3.05) is 40.3 Å². The molecule has 2 aliphatic heterocycles. The Balaban J connectivity index is 1.24. The maximum absolute atomic E-state index is 12.8. The number of aromatic amines is 1. The van der Waals surface area contributed by atoms with E-state index < -0.39 is 0 Å². The van der Waals surface area contributed by atoms with Gasteiger partial charge in [-0.05, 0) is 87.0 Å². The Kier molecular flexibility index (Phi) is 6.86. The molecule has 3 fully saturated rings. The van der Waals surface area contributed by atoms with E-state index in [1.165, 1.54) is 22.1 Å². The van der Waals surface area contributed by atoms with Gasteiger partial charge in [-0.1, -0.05) is 12.1 Å². The fourth-order valence-corrected chi connectivity index (χ4v) is 7.28. The third kappa shape index (κ3) is 4.92. The molecule has 0 bridgehead atoms. The molecule has 1 amide bonds. The maximum Gasteiger partial charge on any atom is 0.251 e. The molecule has 2 N–H and O–H groups in total. The SMILES string of the molecule is COc1cc(C)c2[nH]ccc2c1CN1CCC2(CC(C#N)C2)CC1c1ccc(C(=O)NCC2CN(C)C2)cc1. The molecule has 0 radical (unpaired) electrons. The second-order valence-electron chi connectivity index (χ2n) is 12.2. The first-order chi connectivity index (χ1) is 18.9. The fourth-order valence-electron chi connectivity index (χ4n) is 7.28. The number of methoxy groups -OCH3 is 1. The summed E-state index contributed by atoms with van der Waals surface area (Å²) in [5, 5.41) is 13.8. The Labute approximate surface area is 231 Å². The Morgan fingerprint density at radius 1 is 1.21 bits per heavy atom. The summed E-state index contributed by atoms with van der Waals surface area (Å²) in [5.74, 6) is 1.67. The Bertz CT molecular complexity index is 1390. The fraction of sp³-hybridized carbons (Fsp3) is 0.500. The van der Waals surface area contributed by atoms with Gasteiger partial charge in [0, 0.05) is 72.3 Å². The topological polar surface area (TPSA) is 84.4 Å². The number of piperidine rings is 1. The number of aromatic nitrogens is 1. The van der Waals surface area contributed by atoms with E-state index >= 15 is 0 Å².